The summed E-state index contributed by atoms with van der Waals surface area (Å²) in [5.41, 5.74) is 1.58. The monoisotopic (exact) mass is 342 g/mol. The third kappa shape index (κ3) is 3.58. The number of fused-ring (bicyclic) bond motifs is 1. The Morgan fingerprint density at radius 1 is 1.45 bits per heavy atom. The van der Waals surface area contributed by atoms with Gasteiger partial charge < -0.3 is 10.1 Å². The first-order chi connectivity index (χ1) is 9.49. The van der Waals surface area contributed by atoms with Gasteiger partial charge in [0.2, 0.25) is 0 Å². The number of benzene rings is 1. The molecule has 6 heteroatoms. The number of rotatable bonds is 6. The number of aromatic nitrogens is 1. The van der Waals surface area contributed by atoms with E-state index < -0.39 is 5.97 Å². The average Bonchev–Trinajstić information content (AvgIpc) is 2.71. The van der Waals surface area contributed by atoms with Crippen molar-refractivity contribution in [3.8, 4) is 0 Å². The molecule has 20 heavy (non-hydrogen) atoms. The Morgan fingerprint density at radius 3 is 2.85 bits per heavy atom. The molecule has 0 atom stereocenters. The minimum absolute atomic E-state index is 0.00125. The number of aromatic amines is 1. The van der Waals surface area contributed by atoms with Crippen molar-refractivity contribution in [2.75, 3.05) is 13.1 Å². The van der Waals surface area contributed by atoms with E-state index in [1.54, 1.807) is 0 Å². The van der Waals surface area contributed by atoms with E-state index in [0.717, 1.165) is 17.5 Å². The van der Waals surface area contributed by atoms with Crippen molar-refractivity contribution in [3.63, 3.8) is 0 Å². The topological polar surface area (TPSA) is 56.3 Å². The van der Waals surface area contributed by atoms with E-state index in [-0.39, 0.29) is 12.4 Å². The lowest BCUT2D eigenvalue weighted by Gasteiger charge is -2.18. The van der Waals surface area contributed by atoms with Crippen LogP contribution >= 0.6 is 15.9 Å². The molecule has 0 unspecified atom stereocenters. The SMILES string of the molecule is CCCN(CC(=O)O)Cc1cc2c(Br)cc(F)cc2[nH]1. The van der Waals surface area contributed by atoms with Crippen LogP contribution in [0.2, 0.25) is 0 Å². The van der Waals surface area contributed by atoms with Crippen LogP contribution in [0.25, 0.3) is 10.9 Å². The molecule has 1 aromatic carbocycles. The van der Waals surface area contributed by atoms with Crippen molar-refractivity contribution in [2.24, 2.45) is 0 Å². The Labute approximate surface area is 124 Å². The lowest BCUT2D eigenvalue weighted by molar-refractivity contribution is -0.138. The second-order valence-corrected chi connectivity index (χ2v) is 5.60. The number of carboxylic acid groups (broad SMARTS) is 1. The highest BCUT2D eigenvalue weighted by Crippen LogP contribution is 2.26. The molecule has 4 nitrogen and oxygen atoms in total. The Bertz CT molecular complexity index is 627. The van der Waals surface area contributed by atoms with E-state index in [0.29, 0.717) is 23.1 Å². The average molecular weight is 343 g/mol. The van der Waals surface area contributed by atoms with Gasteiger partial charge in [-0.15, -0.1) is 0 Å². The molecule has 0 saturated heterocycles. The van der Waals surface area contributed by atoms with Crippen LogP contribution in [0.3, 0.4) is 0 Å². The molecule has 0 saturated carbocycles. The summed E-state index contributed by atoms with van der Waals surface area (Å²) in [6, 6.07) is 4.77. The number of hydrogen-bond acceptors (Lipinski definition) is 2. The molecule has 0 aliphatic carbocycles. The highest BCUT2D eigenvalue weighted by molar-refractivity contribution is 9.10. The first-order valence-electron chi connectivity index (χ1n) is 6.40. The van der Waals surface area contributed by atoms with Crippen LogP contribution in [-0.4, -0.2) is 34.0 Å². The molecule has 2 rings (SSSR count). The van der Waals surface area contributed by atoms with Gasteiger partial charge >= 0.3 is 5.97 Å². The maximum Gasteiger partial charge on any atom is 0.317 e. The summed E-state index contributed by atoms with van der Waals surface area (Å²) >= 11 is 3.33. The third-order valence-electron chi connectivity index (χ3n) is 3.00. The van der Waals surface area contributed by atoms with Crippen LogP contribution in [0.4, 0.5) is 4.39 Å². The highest BCUT2D eigenvalue weighted by Gasteiger charge is 2.12. The third-order valence-corrected chi connectivity index (χ3v) is 3.66. The lowest BCUT2D eigenvalue weighted by Crippen LogP contribution is -2.30. The van der Waals surface area contributed by atoms with Gasteiger partial charge in [0.15, 0.2) is 0 Å². The normalized spacial score (nSPS) is 11.4. The van der Waals surface area contributed by atoms with E-state index >= 15 is 0 Å². The van der Waals surface area contributed by atoms with Gasteiger partial charge in [-0.1, -0.05) is 6.92 Å². The Kier molecular flexibility index (Phi) is 4.77. The second-order valence-electron chi connectivity index (χ2n) is 4.75. The molecule has 0 fully saturated rings. The standard InChI is InChI=1S/C14H16BrFN2O2/c1-2-3-18(8-14(19)20)7-10-6-11-12(15)4-9(16)5-13(11)17-10/h4-6,17H,2-3,7-8H2,1H3,(H,19,20). The fourth-order valence-electron chi connectivity index (χ4n) is 2.27. The Hall–Kier alpha value is -1.40. The van der Waals surface area contributed by atoms with Crippen molar-refractivity contribution < 1.29 is 14.3 Å². The summed E-state index contributed by atoms with van der Waals surface area (Å²) in [5.74, 6) is -1.16. The zero-order chi connectivity index (χ0) is 14.7. The fraction of sp³-hybridized carbons (Fsp3) is 0.357. The maximum atomic E-state index is 13.3. The molecule has 0 aliphatic heterocycles. The van der Waals surface area contributed by atoms with E-state index in [1.807, 2.05) is 17.9 Å². The molecule has 2 N–H and O–H groups in total. The zero-order valence-corrected chi connectivity index (χ0v) is 12.7. The number of hydrogen-bond donors (Lipinski definition) is 2. The number of halogens is 2. The van der Waals surface area contributed by atoms with Crippen LogP contribution in [-0.2, 0) is 11.3 Å². The molecule has 2 aromatic rings. The summed E-state index contributed by atoms with van der Waals surface area (Å²) in [6.07, 6.45) is 0.881. The Balaban J connectivity index is 2.23. The molecule has 0 aliphatic rings. The highest BCUT2D eigenvalue weighted by atomic mass is 79.9. The van der Waals surface area contributed by atoms with Gasteiger partial charge in [0.05, 0.1) is 6.54 Å². The number of H-pyrrole nitrogens is 1. The molecule has 1 aromatic heterocycles. The van der Waals surface area contributed by atoms with Crippen LogP contribution < -0.4 is 0 Å². The molecule has 0 bridgehead atoms. The van der Waals surface area contributed by atoms with Crippen molar-refractivity contribution in [1.29, 1.82) is 0 Å². The largest absolute Gasteiger partial charge is 0.480 e. The van der Waals surface area contributed by atoms with Crippen LogP contribution in [0.1, 0.15) is 19.0 Å². The van der Waals surface area contributed by atoms with Crippen molar-refractivity contribution >= 4 is 32.8 Å². The van der Waals surface area contributed by atoms with Gasteiger partial charge in [-0.25, -0.2) is 4.39 Å². The second kappa shape index (κ2) is 6.37. The fourth-order valence-corrected chi connectivity index (χ4v) is 2.81. The predicted molar refractivity (Wildman–Crippen MR) is 79.2 cm³/mol. The van der Waals surface area contributed by atoms with Gasteiger partial charge in [-0.05, 0) is 47.1 Å². The molecule has 1 heterocycles. The summed E-state index contributed by atoms with van der Waals surface area (Å²) in [7, 11) is 0. The van der Waals surface area contributed by atoms with Gasteiger partial charge in [0.25, 0.3) is 0 Å². The first kappa shape index (κ1) is 15.0. The maximum absolute atomic E-state index is 13.3. The van der Waals surface area contributed by atoms with Gasteiger partial charge in [0, 0.05) is 27.6 Å². The minimum atomic E-state index is -0.846. The first-order valence-corrected chi connectivity index (χ1v) is 7.19. The minimum Gasteiger partial charge on any atom is -0.480 e. The van der Waals surface area contributed by atoms with Crippen LogP contribution in [0.5, 0.6) is 0 Å². The molecule has 0 spiro atoms. The van der Waals surface area contributed by atoms with Crippen molar-refractivity contribution in [3.05, 3.63) is 34.2 Å². The molecule has 0 amide bonds. The summed E-state index contributed by atoms with van der Waals surface area (Å²) in [6.45, 7) is 3.21. The van der Waals surface area contributed by atoms with E-state index in [1.165, 1.54) is 12.1 Å². The van der Waals surface area contributed by atoms with E-state index in [4.69, 9.17) is 5.11 Å². The van der Waals surface area contributed by atoms with Crippen LogP contribution in [0, 0.1) is 5.82 Å². The smallest absolute Gasteiger partial charge is 0.317 e. The Morgan fingerprint density at radius 2 is 2.20 bits per heavy atom. The lowest BCUT2D eigenvalue weighted by atomic mass is 10.2. The van der Waals surface area contributed by atoms with Gasteiger partial charge in [-0.3, -0.25) is 9.69 Å². The molecule has 0 radical (unpaired) electrons. The number of carbonyl (C=O) groups is 1. The van der Waals surface area contributed by atoms with E-state index in [9.17, 15) is 9.18 Å². The van der Waals surface area contributed by atoms with Crippen molar-refractivity contribution in [1.82, 2.24) is 9.88 Å². The van der Waals surface area contributed by atoms with E-state index in [2.05, 4.69) is 20.9 Å². The van der Waals surface area contributed by atoms with Gasteiger partial charge in [0.1, 0.15) is 5.82 Å². The zero-order valence-electron chi connectivity index (χ0n) is 11.1. The number of nitrogens with one attached hydrogen (secondary N) is 1. The number of carboxylic acids is 1. The summed E-state index contributed by atoms with van der Waals surface area (Å²) < 4.78 is 14.0. The summed E-state index contributed by atoms with van der Waals surface area (Å²) in [5, 5.41) is 9.80. The molecular formula is C14H16BrFN2O2. The van der Waals surface area contributed by atoms with Crippen LogP contribution in [0.15, 0.2) is 22.7 Å². The van der Waals surface area contributed by atoms with Gasteiger partial charge in [-0.2, -0.15) is 0 Å². The number of aliphatic carboxylic acids is 1. The van der Waals surface area contributed by atoms with Crippen molar-refractivity contribution in [2.45, 2.75) is 19.9 Å². The molecular weight excluding hydrogens is 327 g/mol. The predicted octanol–water partition coefficient (Wildman–Crippen LogP) is 3.37. The summed E-state index contributed by atoms with van der Waals surface area (Å²) in [4.78, 5) is 15.8. The number of nitrogens with zero attached hydrogens (tertiary/aromatic N) is 1. The quantitative estimate of drug-likeness (QED) is 0.846. The molecule has 108 valence electrons.